The fourth-order valence-electron chi connectivity index (χ4n) is 4.29. The lowest BCUT2D eigenvalue weighted by molar-refractivity contribution is -0.578. The highest BCUT2D eigenvalue weighted by Crippen LogP contribution is 2.29. The predicted octanol–water partition coefficient (Wildman–Crippen LogP) is 4.95. The summed E-state index contributed by atoms with van der Waals surface area (Å²) >= 11 is 1.05. The molecule has 0 radical (unpaired) electrons. The summed E-state index contributed by atoms with van der Waals surface area (Å²) in [6.07, 6.45) is 0.575. The Morgan fingerprint density at radius 1 is 1.15 bits per heavy atom. The van der Waals surface area contributed by atoms with Gasteiger partial charge in [-0.3, -0.25) is 9.69 Å². The van der Waals surface area contributed by atoms with Crippen LogP contribution in [-0.4, -0.2) is 65.8 Å². The third-order valence-corrected chi connectivity index (χ3v) is 7.38. The van der Waals surface area contributed by atoms with Crippen molar-refractivity contribution in [3.05, 3.63) is 59.2 Å². The first-order chi connectivity index (χ1) is 18.6. The lowest BCUT2D eigenvalue weighted by atomic mass is 10.1. The van der Waals surface area contributed by atoms with Crippen LogP contribution in [-0.2, 0) is 0 Å². The second-order valence-corrected chi connectivity index (χ2v) is 10.2. The number of likely N-dealkylation sites (tertiary alicyclic amines) is 1. The molecule has 4 heterocycles. The summed E-state index contributed by atoms with van der Waals surface area (Å²) in [7, 11) is 0. The third-order valence-electron chi connectivity index (χ3n) is 6.45. The minimum atomic E-state index is -4.48. The van der Waals surface area contributed by atoms with Crippen LogP contribution in [0, 0.1) is 0 Å². The fraction of sp³-hybridized carbons (Fsp3) is 0.346. The monoisotopic (exact) mass is 566 g/mol. The number of halogens is 5. The standard InChI is InChI=1S/C26H24F5N5O2S/c27-25(28)5-7-35(8-6-25)9-10-38-20-3-1-17(2-4-20)19-12-32-23-21(13-34-36(23)14-19)18-11-22(39-15-18)24(37)33-16-26(29,30)31/h1-4,11-15H,5-10,16H2,(H,33,37)/p+1. The minimum absolute atomic E-state index is 0.114. The smallest absolute Gasteiger partial charge is 0.405 e. The highest BCUT2D eigenvalue weighted by Gasteiger charge is 2.33. The van der Waals surface area contributed by atoms with Crippen molar-refractivity contribution < 1.29 is 36.0 Å². The average molecular weight is 567 g/mol. The van der Waals surface area contributed by atoms with Gasteiger partial charge in [0.15, 0.2) is 6.20 Å². The number of nitrogens with zero attached hydrogens (tertiary/aromatic N) is 3. The number of H-pyrrole nitrogens is 1. The maximum atomic E-state index is 13.3. The summed E-state index contributed by atoms with van der Waals surface area (Å²) in [6, 6.07) is 9.01. The molecule has 0 unspecified atom stereocenters. The summed E-state index contributed by atoms with van der Waals surface area (Å²) < 4.78 is 71.2. The van der Waals surface area contributed by atoms with Gasteiger partial charge in [-0.1, -0.05) is 12.1 Å². The molecule has 4 aromatic rings. The van der Waals surface area contributed by atoms with Crippen LogP contribution in [0.2, 0.25) is 0 Å². The summed E-state index contributed by atoms with van der Waals surface area (Å²) in [5.41, 5.74) is 3.69. The van der Waals surface area contributed by atoms with Crippen LogP contribution >= 0.6 is 11.3 Å². The molecule has 1 amide bonds. The Kier molecular flexibility index (Phi) is 7.54. The van der Waals surface area contributed by atoms with Crippen LogP contribution in [0.3, 0.4) is 0 Å². The molecule has 1 aliphatic heterocycles. The van der Waals surface area contributed by atoms with Crippen molar-refractivity contribution in [1.29, 1.82) is 0 Å². The Labute approximate surface area is 224 Å². The van der Waals surface area contributed by atoms with Gasteiger partial charge in [0, 0.05) is 38.0 Å². The third kappa shape index (κ3) is 6.71. The minimum Gasteiger partial charge on any atom is -0.492 e. The molecule has 0 atom stereocenters. The summed E-state index contributed by atoms with van der Waals surface area (Å²) in [4.78, 5) is 18.7. The zero-order valence-electron chi connectivity index (χ0n) is 20.6. The molecule has 1 aromatic carbocycles. The molecular weight excluding hydrogens is 541 g/mol. The molecule has 206 valence electrons. The lowest BCUT2D eigenvalue weighted by Gasteiger charge is -2.31. The van der Waals surface area contributed by atoms with Gasteiger partial charge in [-0.05, 0) is 34.1 Å². The van der Waals surface area contributed by atoms with Gasteiger partial charge < -0.3 is 10.1 Å². The van der Waals surface area contributed by atoms with Gasteiger partial charge in [0.1, 0.15) is 25.1 Å². The number of rotatable bonds is 8. The van der Waals surface area contributed by atoms with Gasteiger partial charge in [-0.15, -0.1) is 15.9 Å². The largest absolute Gasteiger partial charge is 0.492 e. The number of piperidine rings is 1. The van der Waals surface area contributed by atoms with Crippen LogP contribution < -0.4 is 14.6 Å². The Hall–Kier alpha value is -3.58. The first-order valence-corrected chi connectivity index (χ1v) is 13.1. The number of aromatic amines is 1. The summed E-state index contributed by atoms with van der Waals surface area (Å²) in [5.74, 6) is -2.66. The van der Waals surface area contributed by atoms with Crippen molar-refractivity contribution >= 4 is 22.9 Å². The van der Waals surface area contributed by atoms with Crippen LogP contribution in [0.5, 0.6) is 5.75 Å². The van der Waals surface area contributed by atoms with E-state index in [1.54, 1.807) is 22.3 Å². The van der Waals surface area contributed by atoms with Gasteiger partial charge in [0.2, 0.25) is 0 Å². The number of carbonyl (C=O) groups excluding carboxylic acids is 1. The van der Waals surface area contributed by atoms with Crippen LogP contribution in [0.25, 0.3) is 27.9 Å². The van der Waals surface area contributed by atoms with E-state index >= 15 is 0 Å². The normalized spacial score (nSPS) is 15.9. The molecule has 2 N–H and O–H groups in total. The molecule has 1 fully saturated rings. The number of carbonyl (C=O) groups is 1. The van der Waals surface area contributed by atoms with Crippen LogP contribution in [0.4, 0.5) is 22.0 Å². The number of fused-ring (bicyclic) bond motifs is 1. The average Bonchev–Trinajstić information content (AvgIpc) is 3.55. The first kappa shape index (κ1) is 27.0. The number of aromatic nitrogens is 3. The van der Waals surface area contributed by atoms with Crippen LogP contribution in [0.1, 0.15) is 22.5 Å². The molecule has 39 heavy (non-hydrogen) atoms. The number of hydrogen-bond acceptors (Lipinski definition) is 5. The van der Waals surface area contributed by atoms with Crippen molar-refractivity contribution in [2.75, 3.05) is 32.8 Å². The van der Waals surface area contributed by atoms with E-state index in [4.69, 9.17) is 4.74 Å². The number of nitrogens with one attached hydrogen (secondary N) is 2. The number of benzene rings is 1. The highest BCUT2D eigenvalue weighted by atomic mass is 32.1. The van der Waals surface area contributed by atoms with Gasteiger partial charge in [-0.2, -0.15) is 13.2 Å². The van der Waals surface area contributed by atoms with Gasteiger partial charge in [0.25, 0.3) is 11.8 Å². The molecule has 3 aromatic heterocycles. The summed E-state index contributed by atoms with van der Waals surface area (Å²) in [6.45, 7) is 0.352. The molecule has 13 heteroatoms. The van der Waals surface area contributed by atoms with E-state index in [0.717, 1.165) is 22.5 Å². The second kappa shape index (κ2) is 10.9. The van der Waals surface area contributed by atoms with E-state index in [2.05, 4.69) is 10.1 Å². The van der Waals surface area contributed by atoms with Gasteiger partial charge >= 0.3 is 11.8 Å². The van der Waals surface area contributed by atoms with E-state index in [1.165, 1.54) is 6.07 Å². The number of hydrogen-bond donors (Lipinski definition) is 2. The Bertz CT molecular complexity index is 1440. The quantitative estimate of drug-likeness (QED) is 0.234. The maximum absolute atomic E-state index is 13.3. The Morgan fingerprint density at radius 2 is 1.90 bits per heavy atom. The molecular formula is C26H25F5N5O2S+. The molecule has 1 saturated heterocycles. The van der Waals surface area contributed by atoms with E-state index < -0.39 is 24.6 Å². The van der Waals surface area contributed by atoms with Crippen molar-refractivity contribution in [3.63, 3.8) is 0 Å². The van der Waals surface area contributed by atoms with Crippen molar-refractivity contribution in [2.24, 2.45) is 0 Å². The van der Waals surface area contributed by atoms with E-state index in [9.17, 15) is 26.7 Å². The lowest BCUT2D eigenvalue weighted by Crippen LogP contribution is -2.41. The Morgan fingerprint density at radius 3 is 2.62 bits per heavy atom. The van der Waals surface area contributed by atoms with Crippen molar-refractivity contribution in [2.45, 2.75) is 24.9 Å². The summed E-state index contributed by atoms with van der Waals surface area (Å²) in [5, 5.41) is 6.66. The molecule has 5 rings (SSSR count). The molecule has 7 nitrogen and oxygen atoms in total. The van der Waals surface area contributed by atoms with Gasteiger partial charge in [-0.25, -0.2) is 13.9 Å². The predicted molar refractivity (Wildman–Crippen MR) is 135 cm³/mol. The molecule has 1 aliphatic rings. The number of thiophene rings is 1. The van der Waals surface area contributed by atoms with E-state index in [-0.39, 0.29) is 17.7 Å². The van der Waals surface area contributed by atoms with E-state index in [0.29, 0.717) is 48.8 Å². The van der Waals surface area contributed by atoms with Crippen molar-refractivity contribution in [1.82, 2.24) is 20.3 Å². The zero-order valence-corrected chi connectivity index (χ0v) is 21.4. The molecule has 0 spiro atoms. The SMILES string of the molecule is O=C(NCC(F)(F)F)c1cc(-c2c[nH][n+]3cc(-c4ccc(OCCN5CCC(F)(F)CC5)cc4)cnc23)cs1. The number of alkyl halides is 5. The number of ether oxygens (including phenoxy) is 1. The second-order valence-electron chi connectivity index (χ2n) is 9.29. The highest BCUT2D eigenvalue weighted by molar-refractivity contribution is 7.12. The van der Waals surface area contributed by atoms with Crippen molar-refractivity contribution in [3.8, 4) is 28.0 Å². The van der Waals surface area contributed by atoms with Crippen LogP contribution in [0.15, 0.2) is 54.3 Å². The first-order valence-electron chi connectivity index (χ1n) is 12.2. The molecule has 0 aliphatic carbocycles. The van der Waals surface area contributed by atoms with Gasteiger partial charge in [0.05, 0.1) is 22.2 Å². The Balaban J connectivity index is 1.20. The van der Waals surface area contributed by atoms with E-state index in [1.807, 2.05) is 40.7 Å². The topological polar surface area (TPSA) is 74.3 Å². The number of amides is 1. The molecule has 0 bridgehead atoms. The zero-order chi connectivity index (χ0) is 27.6. The fourth-order valence-corrected chi connectivity index (χ4v) is 5.11. The molecule has 0 saturated carbocycles. The maximum Gasteiger partial charge on any atom is 0.405 e.